The number of carboxylic acid groups (broad SMARTS) is 1. The summed E-state index contributed by atoms with van der Waals surface area (Å²) in [7, 11) is 0. The van der Waals surface area contributed by atoms with Crippen LogP contribution in [0.1, 0.15) is 105 Å². The van der Waals surface area contributed by atoms with E-state index in [-0.39, 0.29) is 59.7 Å². The van der Waals surface area contributed by atoms with Crippen molar-refractivity contribution >= 4 is 52.7 Å². The van der Waals surface area contributed by atoms with Gasteiger partial charge in [0.05, 0.1) is 35.3 Å². The van der Waals surface area contributed by atoms with Crippen LogP contribution in [0.5, 0.6) is 11.5 Å². The lowest BCUT2D eigenvalue weighted by Gasteiger charge is -2.18. The molecule has 0 bridgehead atoms. The highest BCUT2D eigenvalue weighted by Gasteiger charge is 2.26. The Bertz CT molecular complexity index is 2600. The summed E-state index contributed by atoms with van der Waals surface area (Å²) in [5.41, 5.74) is 8.93. The first kappa shape index (κ1) is 43.6. The third-order valence-corrected chi connectivity index (χ3v) is 9.89. The Morgan fingerprint density at radius 3 is 1.97 bits per heavy atom. The van der Waals surface area contributed by atoms with Crippen molar-refractivity contribution in [2.75, 3.05) is 5.32 Å². The van der Waals surface area contributed by atoms with Gasteiger partial charge >= 0.3 is 11.9 Å². The van der Waals surface area contributed by atoms with Crippen molar-refractivity contribution in [1.82, 2.24) is 5.32 Å². The summed E-state index contributed by atoms with van der Waals surface area (Å²) in [5, 5.41) is 25.6. The maximum atomic E-state index is 13.5. The van der Waals surface area contributed by atoms with Crippen LogP contribution >= 0.6 is 0 Å². The third-order valence-electron chi connectivity index (χ3n) is 9.89. The molecule has 0 saturated heterocycles. The van der Waals surface area contributed by atoms with Crippen molar-refractivity contribution in [2.45, 2.75) is 58.3 Å². The highest BCUT2D eigenvalue weighted by molar-refractivity contribution is 6.06. The molecule has 5 aromatic rings. The topological polar surface area (TPSA) is 246 Å². The van der Waals surface area contributed by atoms with Crippen molar-refractivity contribution < 1.29 is 58.0 Å². The number of benzene rings is 5. The number of hydrogen-bond donors (Lipinski definition) is 5. The van der Waals surface area contributed by atoms with E-state index in [9.17, 15) is 43.5 Å². The van der Waals surface area contributed by atoms with E-state index in [1.165, 1.54) is 84.9 Å². The van der Waals surface area contributed by atoms with E-state index in [0.29, 0.717) is 39.1 Å². The normalized spacial score (nSPS) is 12.1. The number of carboxylic acids is 1. The molecule has 62 heavy (non-hydrogen) atoms. The summed E-state index contributed by atoms with van der Waals surface area (Å²) in [6.45, 7) is 3.53. The first-order valence-electron chi connectivity index (χ1n) is 19.4. The van der Waals surface area contributed by atoms with Gasteiger partial charge in [0.1, 0.15) is 6.61 Å². The Morgan fingerprint density at radius 1 is 0.726 bits per heavy atom. The molecule has 3 amide bonds. The lowest BCUT2D eigenvalue weighted by Crippen LogP contribution is -2.44. The molecule has 0 unspecified atom stereocenters. The van der Waals surface area contributed by atoms with E-state index in [2.05, 4.69) is 10.6 Å². The van der Waals surface area contributed by atoms with Gasteiger partial charge < -0.3 is 36.1 Å². The van der Waals surface area contributed by atoms with Crippen molar-refractivity contribution in [3.05, 3.63) is 159 Å². The SMILES string of the molecule is CC(C)Oc1c(CC(=O)c2ccc(CC(=O)[C@H](CC(N)=O)NC(=O)c3ccc(NC(=O)c4ccc5c(c4)COC5=O)cc3)cc2)ccc(C(=O)Cc2ccc(C(=O)O)cc2)c1O. The smallest absolute Gasteiger partial charge is 0.338 e. The van der Waals surface area contributed by atoms with Crippen LogP contribution in [0.3, 0.4) is 0 Å². The molecule has 0 saturated carbocycles. The van der Waals surface area contributed by atoms with Crippen LogP contribution in [0, 0.1) is 0 Å². The van der Waals surface area contributed by atoms with Gasteiger partial charge in [-0.1, -0.05) is 42.5 Å². The number of Topliss-reactive ketones (excluding diaryl/α,β-unsaturated/α-hetero) is 3. The number of hydrogen-bond acceptors (Lipinski definition) is 11. The number of ether oxygens (including phenoxy) is 2. The molecule has 0 aromatic heterocycles. The van der Waals surface area contributed by atoms with Crippen LogP contribution in [0.25, 0.3) is 0 Å². The number of fused-ring (bicyclic) bond motifs is 1. The van der Waals surface area contributed by atoms with Crippen molar-refractivity contribution in [3.8, 4) is 11.5 Å². The number of nitrogens with one attached hydrogen (secondary N) is 2. The van der Waals surface area contributed by atoms with Crippen molar-refractivity contribution in [1.29, 1.82) is 0 Å². The molecule has 15 nitrogen and oxygen atoms in total. The Balaban J connectivity index is 1.07. The van der Waals surface area contributed by atoms with E-state index in [4.69, 9.17) is 20.3 Å². The number of nitrogens with two attached hydrogens (primary N) is 1. The number of phenols is 1. The first-order chi connectivity index (χ1) is 29.6. The van der Waals surface area contributed by atoms with Gasteiger partial charge in [-0.05, 0) is 85.6 Å². The van der Waals surface area contributed by atoms with Gasteiger partial charge in [0.2, 0.25) is 5.91 Å². The van der Waals surface area contributed by atoms with Crippen molar-refractivity contribution in [2.24, 2.45) is 5.73 Å². The van der Waals surface area contributed by atoms with E-state index < -0.39 is 65.5 Å². The van der Waals surface area contributed by atoms with Crippen LogP contribution in [0.4, 0.5) is 5.69 Å². The van der Waals surface area contributed by atoms with Gasteiger partial charge in [-0.2, -0.15) is 0 Å². The number of rotatable bonds is 18. The van der Waals surface area contributed by atoms with Crippen LogP contribution in [-0.4, -0.2) is 69.4 Å². The fourth-order valence-electron chi connectivity index (χ4n) is 6.67. The zero-order valence-electron chi connectivity index (χ0n) is 33.6. The standard InChI is InChI=1S/C47H41N3O12/c1-25(2)62-43-31(13-18-36(42(43)55)39(52)19-26-5-9-30(10-6-26)46(58)59)22-38(51)28-7-3-27(4-8-28)20-40(53)37(23-41(48)54)50-44(56)29-11-15-34(16-12-29)49-45(57)32-14-17-35-33(21-32)24-61-47(35)60/h3-18,21,25,37,55H,19-20,22-24H2,1-2H3,(H2,48,54)(H,49,57)(H,50,56)(H,58,59)/t37-/m0/s1. The van der Waals surface area contributed by atoms with Gasteiger partial charge in [0, 0.05) is 52.8 Å². The van der Waals surface area contributed by atoms with Gasteiger partial charge in [-0.3, -0.25) is 28.8 Å². The first-order valence-corrected chi connectivity index (χ1v) is 19.4. The molecule has 1 atom stereocenters. The Hall–Kier alpha value is -7.94. The summed E-state index contributed by atoms with van der Waals surface area (Å²) in [6.07, 6.45) is -1.41. The summed E-state index contributed by atoms with van der Waals surface area (Å²) < 4.78 is 10.8. The van der Waals surface area contributed by atoms with E-state index in [1.807, 2.05) is 0 Å². The molecule has 1 aliphatic heterocycles. The monoisotopic (exact) mass is 839 g/mol. The Morgan fingerprint density at radius 2 is 1.34 bits per heavy atom. The zero-order chi connectivity index (χ0) is 44.7. The molecular formula is C47H41N3O12. The molecule has 5 aromatic carbocycles. The highest BCUT2D eigenvalue weighted by Crippen LogP contribution is 2.36. The largest absolute Gasteiger partial charge is 0.504 e. The number of carbonyl (C=O) groups is 8. The van der Waals surface area contributed by atoms with Gasteiger partial charge in [-0.25, -0.2) is 9.59 Å². The number of amides is 3. The number of anilines is 1. The fourth-order valence-corrected chi connectivity index (χ4v) is 6.67. The lowest BCUT2D eigenvalue weighted by molar-refractivity contribution is -0.125. The van der Waals surface area contributed by atoms with Crippen molar-refractivity contribution in [3.63, 3.8) is 0 Å². The molecule has 6 rings (SSSR count). The predicted octanol–water partition coefficient (Wildman–Crippen LogP) is 5.44. The Kier molecular flexibility index (Phi) is 13.4. The number of aromatic hydroxyl groups is 1. The number of carbonyl (C=O) groups excluding carboxylic acids is 7. The van der Waals surface area contributed by atoms with Crippen LogP contribution in [-0.2, 0) is 40.2 Å². The minimum Gasteiger partial charge on any atom is -0.504 e. The van der Waals surface area contributed by atoms with Crippen LogP contribution < -0.4 is 21.1 Å². The molecule has 1 heterocycles. The number of aromatic carboxylic acids is 1. The van der Waals surface area contributed by atoms with Crippen LogP contribution in [0.15, 0.2) is 103 Å². The highest BCUT2D eigenvalue weighted by atomic mass is 16.5. The van der Waals surface area contributed by atoms with E-state index in [0.717, 1.165) is 0 Å². The minimum atomic E-state index is -1.27. The summed E-state index contributed by atoms with van der Waals surface area (Å²) in [6, 6.07) is 24.1. The lowest BCUT2D eigenvalue weighted by atomic mass is 9.95. The van der Waals surface area contributed by atoms with E-state index in [1.54, 1.807) is 32.0 Å². The second-order valence-electron chi connectivity index (χ2n) is 14.8. The summed E-state index contributed by atoms with van der Waals surface area (Å²) >= 11 is 0. The average Bonchev–Trinajstić information content (AvgIpc) is 3.61. The van der Waals surface area contributed by atoms with Crippen LogP contribution in [0.2, 0.25) is 0 Å². The van der Waals surface area contributed by atoms with Gasteiger partial charge in [0.15, 0.2) is 28.8 Å². The molecule has 6 N–H and O–H groups in total. The molecule has 0 fully saturated rings. The number of esters is 1. The third kappa shape index (κ3) is 10.6. The van der Waals surface area contributed by atoms with E-state index >= 15 is 0 Å². The van der Waals surface area contributed by atoms with Gasteiger partial charge in [0.25, 0.3) is 11.8 Å². The molecule has 316 valence electrons. The average molecular weight is 840 g/mol. The predicted molar refractivity (Wildman–Crippen MR) is 224 cm³/mol. The maximum Gasteiger partial charge on any atom is 0.338 e. The molecule has 1 aliphatic rings. The maximum absolute atomic E-state index is 13.5. The quantitative estimate of drug-likeness (QED) is 0.0547. The number of cyclic esters (lactones) is 1. The number of ketones is 3. The second-order valence-corrected chi connectivity index (χ2v) is 14.8. The molecular weight excluding hydrogens is 799 g/mol. The minimum absolute atomic E-state index is 0.0185. The van der Waals surface area contributed by atoms with Gasteiger partial charge in [-0.15, -0.1) is 0 Å². The Labute approximate surface area is 354 Å². The summed E-state index contributed by atoms with van der Waals surface area (Å²) in [4.78, 5) is 101. The zero-order valence-corrected chi connectivity index (χ0v) is 33.6. The molecule has 15 heteroatoms. The number of primary amides is 1. The fraction of sp³-hybridized carbons (Fsp3) is 0.191. The summed E-state index contributed by atoms with van der Waals surface area (Å²) in [5.74, 6) is -5.23. The molecule has 0 radical (unpaired) electrons. The molecule has 0 spiro atoms. The molecule has 0 aliphatic carbocycles. The second kappa shape index (κ2) is 19.0. The number of phenolic OH excluding ortho intramolecular Hbond substituents is 1.